The Morgan fingerprint density at radius 3 is 2.33 bits per heavy atom. The highest BCUT2D eigenvalue weighted by Crippen LogP contribution is 2.36. The van der Waals surface area contributed by atoms with Crippen molar-refractivity contribution in [2.24, 2.45) is 0 Å². The smallest absolute Gasteiger partial charge is 0.399 e. The first-order chi connectivity index (χ1) is 9.59. The van der Waals surface area contributed by atoms with E-state index < -0.39 is 28.3 Å². The van der Waals surface area contributed by atoms with E-state index in [1.165, 1.54) is 12.3 Å². The minimum Gasteiger partial charge on any atom is -0.399 e. The Labute approximate surface area is 127 Å². The monoisotopic (exact) mass is 314 g/mol. The van der Waals surface area contributed by atoms with Crippen LogP contribution in [-0.4, -0.2) is 38.3 Å². The minimum absolute atomic E-state index is 0. The maximum absolute atomic E-state index is 12.0. The van der Waals surface area contributed by atoms with E-state index in [0.29, 0.717) is 12.0 Å². The summed E-state index contributed by atoms with van der Waals surface area (Å²) in [6.45, 7) is 9.82. The zero-order chi connectivity index (χ0) is 15.9. The van der Waals surface area contributed by atoms with Crippen LogP contribution in [0, 0.1) is 0 Å². The third kappa shape index (κ3) is 3.13. The second kappa shape index (κ2) is 5.35. The molecule has 1 N–H and O–H groups in total. The number of pyridine rings is 1. The second-order valence-electron chi connectivity index (χ2n) is 6.04. The zero-order valence-corrected chi connectivity index (χ0v) is 13.8. The quantitative estimate of drug-likeness (QED) is 0.837. The molecule has 0 spiro atoms. The highest BCUT2D eigenvalue weighted by Gasteiger charge is 2.51. The topological polar surface area (TPSA) is 77.5 Å². The Balaban J connectivity index is 0.00000242. The van der Waals surface area contributed by atoms with Crippen LogP contribution in [0.3, 0.4) is 0 Å². The fraction of sp³-hybridized carbons (Fsp3) is 0.615. The lowest BCUT2D eigenvalue weighted by Gasteiger charge is -2.32. The molecule has 0 bridgehead atoms. The summed E-state index contributed by atoms with van der Waals surface area (Å²) in [5, 5.41) is 0. The number of hydrogen-bond donors (Lipinski definition) is 1. The van der Waals surface area contributed by atoms with Gasteiger partial charge in [0.25, 0.3) is 0 Å². The summed E-state index contributed by atoms with van der Waals surface area (Å²) < 4.78 is 38.3. The fourth-order valence-electron chi connectivity index (χ4n) is 1.96. The van der Waals surface area contributed by atoms with Gasteiger partial charge in [-0.25, -0.2) is 13.1 Å². The molecule has 0 aliphatic carbocycles. The van der Waals surface area contributed by atoms with Gasteiger partial charge in [0.2, 0.25) is 10.0 Å². The van der Waals surface area contributed by atoms with Crippen molar-refractivity contribution in [3.8, 4) is 0 Å². The van der Waals surface area contributed by atoms with Crippen LogP contribution in [-0.2, 0) is 19.3 Å². The van der Waals surface area contributed by atoms with Crippen molar-refractivity contribution in [2.45, 2.75) is 50.7 Å². The third-order valence-electron chi connectivity index (χ3n) is 3.90. The van der Waals surface area contributed by atoms with Crippen LogP contribution in [0.1, 0.15) is 36.0 Å². The van der Waals surface area contributed by atoms with Crippen LogP contribution in [0.5, 0.6) is 0 Å². The van der Waals surface area contributed by atoms with Crippen molar-refractivity contribution in [3.63, 3.8) is 0 Å². The Hall–Kier alpha value is -0.955. The summed E-state index contributed by atoms with van der Waals surface area (Å²) in [5.74, 6) is 0. The standard InChI is InChI=1S/C13H21BN2O4S.H2/c1-6-16-21(17,18)11-7-10(8-15-9-11)14-19-12(2,3)13(4,5)20-14;/h7-9,16H,6H2,1-5H3;1H. The first-order valence-electron chi connectivity index (χ1n) is 6.89. The lowest BCUT2D eigenvalue weighted by molar-refractivity contribution is 0.00578. The fourth-order valence-corrected chi connectivity index (χ4v) is 3.00. The first kappa shape index (κ1) is 16.4. The summed E-state index contributed by atoms with van der Waals surface area (Å²) in [6, 6.07) is 1.53. The number of rotatable bonds is 4. The molecule has 1 saturated heterocycles. The van der Waals surface area contributed by atoms with E-state index in [-0.39, 0.29) is 6.32 Å². The van der Waals surface area contributed by atoms with Gasteiger partial charge >= 0.3 is 7.12 Å². The van der Waals surface area contributed by atoms with Crippen molar-refractivity contribution in [3.05, 3.63) is 18.5 Å². The summed E-state index contributed by atoms with van der Waals surface area (Å²) >= 11 is 0. The molecule has 0 saturated carbocycles. The highest BCUT2D eigenvalue weighted by molar-refractivity contribution is 7.89. The number of nitrogens with one attached hydrogen (secondary N) is 1. The number of hydrogen-bond acceptors (Lipinski definition) is 5. The van der Waals surface area contributed by atoms with Gasteiger partial charge in [0.1, 0.15) is 0 Å². The molecular formula is C13H23BN2O4S. The average Bonchev–Trinajstić information content (AvgIpc) is 2.59. The molecular weight excluding hydrogens is 291 g/mol. The molecule has 0 amide bonds. The third-order valence-corrected chi connectivity index (χ3v) is 5.42. The summed E-state index contributed by atoms with van der Waals surface area (Å²) in [5.41, 5.74) is -0.366. The second-order valence-corrected chi connectivity index (χ2v) is 7.81. The predicted molar refractivity (Wildman–Crippen MR) is 82.9 cm³/mol. The van der Waals surface area contributed by atoms with E-state index in [0.717, 1.165) is 0 Å². The normalized spacial score (nSPS) is 20.7. The van der Waals surface area contributed by atoms with Gasteiger partial charge in [0.05, 0.1) is 16.1 Å². The molecule has 0 atom stereocenters. The van der Waals surface area contributed by atoms with Crippen LogP contribution in [0.2, 0.25) is 0 Å². The number of sulfonamides is 1. The van der Waals surface area contributed by atoms with E-state index in [1.54, 1.807) is 13.1 Å². The molecule has 1 aromatic rings. The average molecular weight is 314 g/mol. The molecule has 0 unspecified atom stereocenters. The SMILES string of the molecule is CCNS(=O)(=O)c1cncc(B2OC(C)(C)C(C)(C)O2)c1.[HH]. The molecule has 6 nitrogen and oxygen atoms in total. The van der Waals surface area contributed by atoms with Crippen molar-refractivity contribution in [1.29, 1.82) is 0 Å². The van der Waals surface area contributed by atoms with Gasteiger partial charge in [-0.3, -0.25) is 4.98 Å². The molecule has 1 fully saturated rings. The van der Waals surface area contributed by atoms with Gasteiger partial charge in [-0.1, -0.05) is 6.92 Å². The van der Waals surface area contributed by atoms with Crippen molar-refractivity contribution >= 4 is 22.6 Å². The van der Waals surface area contributed by atoms with E-state index >= 15 is 0 Å². The molecule has 2 heterocycles. The van der Waals surface area contributed by atoms with Crippen LogP contribution in [0.15, 0.2) is 23.4 Å². The Bertz CT molecular complexity index is 621. The minimum atomic E-state index is -3.54. The van der Waals surface area contributed by atoms with Gasteiger partial charge in [0.15, 0.2) is 0 Å². The maximum Gasteiger partial charge on any atom is 0.496 e. The Morgan fingerprint density at radius 2 is 1.81 bits per heavy atom. The summed E-state index contributed by atoms with van der Waals surface area (Å²) in [6.07, 6.45) is 2.87. The molecule has 118 valence electrons. The number of aromatic nitrogens is 1. The van der Waals surface area contributed by atoms with E-state index in [2.05, 4.69) is 9.71 Å². The molecule has 0 radical (unpaired) electrons. The van der Waals surface area contributed by atoms with Gasteiger partial charge in [-0.15, -0.1) is 0 Å². The Kier molecular flexibility index (Phi) is 4.18. The van der Waals surface area contributed by atoms with Crippen molar-refractivity contribution in [1.82, 2.24) is 9.71 Å². The van der Waals surface area contributed by atoms with Crippen LogP contribution in [0.4, 0.5) is 0 Å². The van der Waals surface area contributed by atoms with Crippen LogP contribution < -0.4 is 10.2 Å². The Morgan fingerprint density at radius 1 is 1.24 bits per heavy atom. The summed E-state index contributed by atoms with van der Waals surface area (Å²) in [7, 11) is -4.17. The zero-order valence-electron chi connectivity index (χ0n) is 13.0. The molecule has 1 aromatic heterocycles. The molecule has 1 aliphatic rings. The highest BCUT2D eigenvalue weighted by atomic mass is 32.2. The largest absolute Gasteiger partial charge is 0.496 e. The lowest BCUT2D eigenvalue weighted by atomic mass is 9.80. The molecule has 21 heavy (non-hydrogen) atoms. The predicted octanol–water partition coefficient (Wildman–Crippen LogP) is 0.925. The molecule has 8 heteroatoms. The molecule has 2 rings (SSSR count). The van der Waals surface area contributed by atoms with Crippen LogP contribution in [0.25, 0.3) is 0 Å². The van der Waals surface area contributed by atoms with Gasteiger partial charge in [0, 0.05) is 25.8 Å². The van der Waals surface area contributed by atoms with Gasteiger partial charge < -0.3 is 9.31 Å². The van der Waals surface area contributed by atoms with E-state index in [4.69, 9.17) is 9.31 Å². The maximum atomic E-state index is 12.0. The van der Waals surface area contributed by atoms with Gasteiger partial charge in [-0.05, 0) is 33.8 Å². The molecule has 1 aliphatic heterocycles. The van der Waals surface area contributed by atoms with Crippen molar-refractivity contribution < 1.29 is 19.2 Å². The summed E-state index contributed by atoms with van der Waals surface area (Å²) in [4.78, 5) is 4.10. The number of nitrogens with zero attached hydrogens (tertiary/aromatic N) is 1. The molecule has 0 aromatic carbocycles. The van der Waals surface area contributed by atoms with E-state index in [9.17, 15) is 8.42 Å². The first-order valence-corrected chi connectivity index (χ1v) is 8.37. The van der Waals surface area contributed by atoms with Crippen molar-refractivity contribution in [2.75, 3.05) is 6.54 Å². The van der Waals surface area contributed by atoms with Crippen LogP contribution >= 0.6 is 0 Å². The lowest BCUT2D eigenvalue weighted by Crippen LogP contribution is -2.41. The van der Waals surface area contributed by atoms with Gasteiger partial charge in [-0.2, -0.15) is 0 Å². The van der Waals surface area contributed by atoms with E-state index in [1.807, 2.05) is 27.7 Å².